The third kappa shape index (κ3) is 69.5. The van der Waals surface area contributed by atoms with E-state index in [0.29, 0.717) is 0 Å². The first-order valence-electron chi connectivity index (χ1n) is 1.50. The van der Waals surface area contributed by atoms with Crippen molar-refractivity contribution < 1.29 is 17.1 Å². The first-order valence-corrected chi connectivity index (χ1v) is 1.50. The molecule has 0 aliphatic rings. The fourth-order valence-corrected chi connectivity index (χ4v) is 0. The van der Waals surface area contributed by atoms with Crippen molar-refractivity contribution in [2.75, 3.05) is 0 Å². The van der Waals surface area contributed by atoms with Gasteiger partial charge >= 0.3 is 17.1 Å². The normalized spacial score (nSPS) is 6.00. The van der Waals surface area contributed by atoms with Gasteiger partial charge < -0.3 is 5.92 Å². The summed E-state index contributed by atoms with van der Waals surface area (Å²) in [5.41, 5.74) is 0. The molecule has 0 N–H and O–H groups in total. The SMILES string of the molecule is C[C-](C)C.[Cu+].[Li]. The van der Waals surface area contributed by atoms with Crippen LogP contribution in [0.4, 0.5) is 0 Å². The second kappa shape index (κ2) is 9.45. The van der Waals surface area contributed by atoms with E-state index in [1.54, 1.807) is 0 Å². The maximum atomic E-state index is 2.08. The molecule has 0 bridgehead atoms. The van der Waals surface area contributed by atoms with Crippen LogP contribution < -0.4 is 0 Å². The van der Waals surface area contributed by atoms with E-state index in [-0.39, 0.29) is 35.9 Å². The fraction of sp³-hybridized carbons (Fsp3) is 0.750. The van der Waals surface area contributed by atoms with Crippen molar-refractivity contribution in [1.82, 2.24) is 0 Å². The second-order valence-corrected chi connectivity index (χ2v) is 1.50. The molecule has 0 saturated carbocycles. The van der Waals surface area contributed by atoms with Crippen molar-refractivity contribution in [3.05, 3.63) is 5.92 Å². The predicted molar refractivity (Wildman–Crippen MR) is 26.0 cm³/mol. The molecule has 0 aliphatic heterocycles. The summed E-state index contributed by atoms with van der Waals surface area (Å²) in [6, 6.07) is 0. The molecule has 0 amide bonds. The van der Waals surface area contributed by atoms with E-state index in [1.165, 1.54) is 5.92 Å². The van der Waals surface area contributed by atoms with Crippen LogP contribution in [0.3, 0.4) is 0 Å². The third-order valence-electron chi connectivity index (χ3n) is 0. The number of hydrogen-bond donors (Lipinski definition) is 0. The summed E-state index contributed by atoms with van der Waals surface area (Å²) in [4.78, 5) is 0. The largest absolute Gasteiger partial charge is 1.00 e. The topological polar surface area (TPSA) is 0 Å². The minimum atomic E-state index is 0. The van der Waals surface area contributed by atoms with Crippen LogP contribution >= 0.6 is 0 Å². The van der Waals surface area contributed by atoms with Crippen LogP contribution in [0.5, 0.6) is 0 Å². The average molecular weight is 128 g/mol. The van der Waals surface area contributed by atoms with E-state index in [1.807, 2.05) is 0 Å². The van der Waals surface area contributed by atoms with Gasteiger partial charge in [0.2, 0.25) is 0 Å². The van der Waals surface area contributed by atoms with Gasteiger partial charge in [-0.05, 0) is 0 Å². The molecule has 0 rings (SSSR count). The van der Waals surface area contributed by atoms with Crippen molar-refractivity contribution in [1.29, 1.82) is 0 Å². The maximum Gasteiger partial charge on any atom is 1.00 e. The maximum absolute atomic E-state index is 2.08. The predicted octanol–water partition coefficient (Wildman–Crippen LogP) is 1.24. The van der Waals surface area contributed by atoms with Crippen molar-refractivity contribution in [2.24, 2.45) is 0 Å². The molecule has 0 fully saturated rings. The summed E-state index contributed by atoms with van der Waals surface area (Å²) in [5, 5.41) is 0. The first kappa shape index (κ1) is 15.7. The van der Waals surface area contributed by atoms with Gasteiger partial charge in [-0.15, -0.1) is 0 Å². The Bertz CT molecular complexity index is 12.3. The fourth-order valence-electron chi connectivity index (χ4n) is 0. The van der Waals surface area contributed by atoms with Crippen LogP contribution in [0.15, 0.2) is 0 Å². The van der Waals surface area contributed by atoms with Crippen LogP contribution in [-0.4, -0.2) is 18.9 Å². The number of rotatable bonds is 0. The van der Waals surface area contributed by atoms with Gasteiger partial charge in [-0.2, -0.15) is 20.8 Å². The molecule has 2 heteroatoms. The smallest absolute Gasteiger partial charge is 0.323 e. The first-order chi connectivity index (χ1) is 1.73. The molecule has 1 radical (unpaired) electrons. The van der Waals surface area contributed by atoms with Gasteiger partial charge in [-0.3, -0.25) is 0 Å². The molecule has 0 unspecified atom stereocenters. The molecule has 0 spiro atoms. The van der Waals surface area contributed by atoms with Gasteiger partial charge in [0.25, 0.3) is 0 Å². The summed E-state index contributed by atoms with van der Waals surface area (Å²) in [6.45, 7) is 6.25. The molecule has 0 saturated heterocycles. The van der Waals surface area contributed by atoms with E-state index in [0.717, 1.165) is 0 Å². The Kier molecular flexibility index (Phi) is 24.7. The molecule has 0 aromatic carbocycles. The quantitative estimate of drug-likeness (QED) is 0.339. The molecule has 37 valence electrons. The molecule has 0 atom stereocenters. The molecular formula is C4H9CuLi. The van der Waals surface area contributed by atoms with Crippen LogP contribution in [-0.2, 0) is 17.1 Å². The molecule has 0 nitrogen and oxygen atoms in total. The van der Waals surface area contributed by atoms with Crippen molar-refractivity contribution in [3.63, 3.8) is 0 Å². The molecular weight excluding hydrogens is 119 g/mol. The Hall–Kier alpha value is 1.12. The summed E-state index contributed by atoms with van der Waals surface area (Å²) in [5.74, 6) is 1.42. The Morgan fingerprint density at radius 2 is 1.00 bits per heavy atom. The van der Waals surface area contributed by atoms with E-state index in [4.69, 9.17) is 0 Å². The van der Waals surface area contributed by atoms with Gasteiger partial charge in [-0.1, -0.05) is 0 Å². The molecule has 0 aromatic rings. The monoisotopic (exact) mass is 127 g/mol. The minimum Gasteiger partial charge on any atom is -0.323 e. The standard InChI is InChI=1S/C4H9.Cu.Li/c1-4(2)3;;/h1-3H3;;/q-1;+1;. The van der Waals surface area contributed by atoms with E-state index >= 15 is 0 Å². The summed E-state index contributed by atoms with van der Waals surface area (Å²) in [7, 11) is 0. The Labute approximate surface area is 62.7 Å². The summed E-state index contributed by atoms with van der Waals surface area (Å²) in [6.07, 6.45) is 0. The number of hydrogen-bond acceptors (Lipinski definition) is 0. The second-order valence-electron chi connectivity index (χ2n) is 1.50. The Balaban J connectivity index is -0.0000000450. The molecule has 0 aliphatic carbocycles. The van der Waals surface area contributed by atoms with Crippen molar-refractivity contribution in [2.45, 2.75) is 20.8 Å². The van der Waals surface area contributed by atoms with Gasteiger partial charge in [0, 0.05) is 18.9 Å². The van der Waals surface area contributed by atoms with Crippen LogP contribution in [0.2, 0.25) is 0 Å². The van der Waals surface area contributed by atoms with Crippen molar-refractivity contribution in [3.8, 4) is 0 Å². The van der Waals surface area contributed by atoms with Gasteiger partial charge in [-0.25, -0.2) is 0 Å². The molecule has 0 heterocycles. The van der Waals surface area contributed by atoms with Gasteiger partial charge in [0.1, 0.15) is 0 Å². The van der Waals surface area contributed by atoms with E-state index in [2.05, 4.69) is 20.8 Å². The summed E-state index contributed by atoms with van der Waals surface area (Å²) < 4.78 is 0. The average Bonchev–Trinajstić information content (AvgIpc) is 0.811. The van der Waals surface area contributed by atoms with Crippen molar-refractivity contribution >= 4 is 18.9 Å². The Morgan fingerprint density at radius 1 is 1.00 bits per heavy atom. The zero-order chi connectivity index (χ0) is 3.58. The molecule has 0 aromatic heterocycles. The van der Waals surface area contributed by atoms with E-state index in [9.17, 15) is 0 Å². The van der Waals surface area contributed by atoms with Crippen LogP contribution in [0.25, 0.3) is 0 Å². The van der Waals surface area contributed by atoms with E-state index < -0.39 is 0 Å². The Morgan fingerprint density at radius 3 is 1.00 bits per heavy atom. The summed E-state index contributed by atoms with van der Waals surface area (Å²) >= 11 is 0. The van der Waals surface area contributed by atoms with Gasteiger partial charge in [0.15, 0.2) is 0 Å². The van der Waals surface area contributed by atoms with Gasteiger partial charge in [0.05, 0.1) is 0 Å². The zero-order valence-electron chi connectivity index (χ0n) is 4.80. The third-order valence-corrected chi connectivity index (χ3v) is 0. The molecule has 6 heavy (non-hydrogen) atoms. The van der Waals surface area contributed by atoms with Crippen LogP contribution in [0, 0.1) is 5.92 Å². The van der Waals surface area contributed by atoms with Crippen LogP contribution in [0.1, 0.15) is 20.8 Å². The minimum absolute atomic E-state index is 0. The zero-order valence-corrected chi connectivity index (χ0v) is 5.74.